The number of allylic oxidation sites excluding steroid dienone is 2. The molecule has 0 spiro atoms. The zero-order valence-corrected chi connectivity index (χ0v) is 18.6. The number of ether oxygens (including phenoxy) is 1. The maximum Gasteiger partial charge on any atom is 0.178 e. The Morgan fingerprint density at radius 1 is 1.03 bits per heavy atom. The average molecular weight is 413 g/mol. The second-order valence-corrected chi connectivity index (χ2v) is 7.96. The molecule has 0 aliphatic rings. The molecule has 0 saturated heterocycles. The lowest BCUT2D eigenvalue weighted by Gasteiger charge is -2.31. The molecule has 4 heteroatoms. The third-order valence-electron chi connectivity index (χ3n) is 6.13. The lowest BCUT2D eigenvalue weighted by molar-refractivity contribution is -0.0425. The summed E-state index contributed by atoms with van der Waals surface area (Å²) in [6, 6.07) is 15.1. The standard InChI is InChI=1S/C26H36O4/c1-5-21(14-11-19(4)26(29,6-2)7-3)23-9-8-10-24(17-23)30-18-20-12-15-22(16-13-20)25(27)28/h8-10,12-17,19,25,27-29H,5-7,11,18H2,1-4H3. The monoisotopic (exact) mass is 412 g/mol. The first-order valence-corrected chi connectivity index (χ1v) is 10.9. The molecule has 0 amide bonds. The van der Waals surface area contributed by atoms with Crippen LogP contribution in [0.1, 0.15) is 76.4 Å². The third kappa shape index (κ3) is 6.43. The molecular formula is C26H36O4. The lowest BCUT2D eigenvalue weighted by atomic mass is 9.81. The van der Waals surface area contributed by atoms with E-state index in [1.165, 1.54) is 5.57 Å². The summed E-state index contributed by atoms with van der Waals surface area (Å²) in [4.78, 5) is 0. The van der Waals surface area contributed by atoms with Crippen molar-refractivity contribution in [2.45, 2.75) is 71.9 Å². The van der Waals surface area contributed by atoms with Crippen LogP contribution in [0, 0.1) is 5.92 Å². The summed E-state index contributed by atoms with van der Waals surface area (Å²) in [5.74, 6) is 0.999. The van der Waals surface area contributed by atoms with E-state index in [0.717, 1.165) is 42.6 Å². The fourth-order valence-electron chi connectivity index (χ4n) is 3.69. The Morgan fingerprint density at radius 3 is 2.27 bits per heavy atom. The molecule has 0 radical (unpaired) electrons. The second kappa shape index (κ2) is 11.3. The quantitative estimate of drug-likeness (QED) is 0.419. The van der Waals surface area contributed by atoms with Crippen LogP contribution in [0.25, 0.3) is 5.57 Å². The maximum absolute atomic E-state index is 10.7. The van der Waals surface area contributed by atoms with Crippen LogP contribution >= 0.6 is 0 Å². The minimum absolute atomic E-state index is 0.203. The number of rotatable bonds is 11. The minimum Gasteiger partial charge on any atom is -0.489 e. The number of hydrogen-bond acceptors (Lipinski definition) is 4. The van der Waals surface area contributed by atoms with Gasteiger partial charge in [-0.3, -0.25) is 0 Å². The van der Waals surface area contributed by atoms with E-state index in [1.807, 2.05) is 38.1 Å². The molecule has 0 aliphatic carbocycles. The van der Waals surface area contributed by atoms with E-state index in [1.54, 1.807) is 12.1 Å². The largest absolute Gasteiger partial charge is 0.489 e. The van der Waals surface area contributed by atoms with Crippen molar-refractivity contribution in [1.29, 1.82) is 0 Å². The highest BCUT2D eigenvalue weighted by atomic mass is 16.5. The number of aliphatic hydroxyl groups is 3. The molecule has 2 rings (SSSR count). The molecule has 0 aliphatic heterocycles. The average Bonchev–Trinajstić information content (AvgIpc) is 2.78. The van der Waals surface area contributed by atoms with Gasteiger partial charge in [0.1, 0.15) is 12.4 Å². The fourth-order valence-corrected chi connectivity index (χ4v) is 3.69. The van der Waals surface area contributed by atoms with Crippen LogP contribution < -0.4 is 4.74 Å². The first-order chi connectivity index (χ1) is 14.3. The Balaban J connectivity index is 2.06. The molecule has 4 nitrogen and oxygen atoms in total. The Bertz CT molecular complexity index is 804. The molecule has 0 aromatic heterocycles. The molecule has 0 fully saturated rings. The second-order valence-electron chi connectivity index (χ2n) is 7.96. The molecule has 1 atom stereocenters. The molecule has 1 unspecified atom stereocenters. The van der Waals surface area contributed by atoms with Gasteiger partial charge in [0.05, 0.1) is 5.60 Å². The van der Waals surface area contributed by atoms with Gasteiger partial charge in [0.2, 0.25) is 0 Å². The highest BCUT2D eigenvalue weighted by Gasteiger charge is 2.28. The van der Waals surface area contributed by atoms with Gasteiger partial charge >= 0.3 is 0 Å². The van der Waals surface area contributed by atoms with E-state index in [0.29, 0.717) is 12.2 Å². The third-order valence-corrected chi connectivity index (χ3v) is 6.13. The van der Waals surface area contributed by atoms with Crippen molar-refractivity contribution in [2.24, 2.45) is 5.92 Å². The van der Waals surface area contributed by atoms with Gasteiger partial charge in [0.15, 0.2) is 6.29 Å². The normalized spacial score (nSPS) is 13.5. The van der Waals surface area contributed by atoms with E-state index in [9.17, 15) is 15.3 Å². The van der Waals surface area contributed by atoms with Gasteiger partial charge in [-0.15, -0.1) is 0 Å². The summed E-state index contributed by atoms with van der Waals surface area (Å²) in [6.45, 7) is 8.77. The van der Waals surface area contributed by atoms with Crippen molar-refractivity contribution in [3.8, 4) is 5.75 Å². The molecule has 30 heavy (non-hydrogen) atoms. The molecule has 2 aromatic rings. The first-order valence-electron chi connectivity index (χ1n) is 10.9. The zero-order valence-electron chi connectivity index (χ0n) is 18.6. The van der Waals surface area contributed by atoms with E-state index in [4.69, 9.17) is 4.74 Å². The van der Waals surface area contributed by atoms with Crippen LogP contribution in [0.4, 0.5) is 0 Å². The summed E-state index contributed by atoms with van der Waals surface area (Å²) in [5.41, 5.74) is 3.21. The molecule has 164 valence electrons. The fraction of sp³-hybridized carbons (Fsp3) is 0.462. The summed E-state index contributed by atoms with van der Waals surface area (Å²) in [6.07, 6.45) is 4.08. The smallest absolute Gasteiger partial charge is 0.178 e. The van der Waals surface area contributed by atoms with Crippen molar-refractivity contribution >= 4 is 5.57 Å². The molecule has 0 saturated carbocycles. The molecular weight excluding hydrogens is 376 g/mol. The van der Waals surface area contributed by atoms with Crippen LogP contribution in [-0.2, 0) is 6.61 Å². The Hall–Kier alpha value is -2.14. The van der Waals surface area contributed by atoms with E-state index in [-0.39, 0.29) is 5.92 Å². The van der Waals surface area contributed by atoms with Gasteiger partial charge in [-0.1, -0.05) is 70.2 Å². The van der Waals surface area contributed by atoms with Gasteiger partial charge in [-0.25, -0.2) is 0 Å². The Kier molecular flexibility index (Phi) is 9.09. The highest BCUT2D eigenvalue weighted by molar-refractivity contribution is 5.66. The van der Waals surface area contributed by atoms with Gasteiger partial charge in [-0.2, -0.15) is 0 Å². The summed E-state index contributed by atoms with van der Waals surface area (Å²) in [5, 5.41) is 29.1. The summed E-state index contributed by atoms with van der Waals surface area (Å²) >= 11 is 0. The Morgan fingerprint density at radius 2 is 1.70 bits per heavy atom. The molecule has 0 bridgehead atoms. The molecule has 0 heterocycles. The van der Waals surface area contributed by atoms with Crippen LogP contribution in [0.2, 0.25) is 0 Å². The van der Waals surface area contributed by atoms with E-state index >= 15 is 0 Å². The number of benzene rings is 2. The van der Waals surface area contributed by atoms with Crippen LogP contribution in [-0.4, -0.2) is 20.9 Å². The minimum atomic E-state index is -1.45. The first kappa shape index (κ1) is 24.1. The van der Waals surface area contributed by atoms with E-state index in [2.05, 4.69) is 32.1 Å². The van der Waals surface area contributed by atoms with Crippen LogP contribution in [0.15, 0.2) is 54.6 Å². The number of aliphatic hydroxyl groups excluding tert-OH is 1. The number of hydrogen-bond donors (Lipinski definition) is 3. The maximum atomic E-state index is 10.7. The summed E-state index contributed by atoms with van der Waals surface area (Å²) in [7, 11) is 0. The van der Waals surface area contributed by atoms with Crippen molar-refractivity contribution in [1.82, 2.24) is 0 Å². The van der Waals surface area contributed by atoms with Gasteiger partial charge in [0.25, 0.3) is 0 Å². The Labute approximate surface area is 180 Å². The van der Waals surface area contributed by atoms with Crippen molar-refractivity contribution in [3.05, 3.63) is 71.3 Å². The topological polar surface area (TPSA) is 69.9 Å². The van der Waals surface area contributed by atoms with Crippen LogP contribution in [0.5, 0.6) is 5.75 Å². The highest BCUT2D eigenvalue weighted by Crippen LogP contribution is 2.30. The predicted octanol–water partition coefficient (Wildman–Crippen LogP) is 5.62. The molecule has 3 N–H and O–H groups in total. The SMILES string of the molecule is CCC(=CCC(C)C(O)(CC)CC)c1cccc(OCc2ccc(C(O)O)cc2)c1. The lowest BCUT2D eigenvalue weighted by Crippen LogP contribution is -2.34. The van der Waals surface area contributed by atoms with Gasteiger partial charge in [-0.05, 0) is 60.4 Å². The van der Waals surface area contributed by atoms with Gasteiger partial charge in [0, 0.05) is 5.56 Å². The molecule has 2 aromatic carbocycles. The summed E-state index contributed by atoms with van der Waals surface area (Å²) < 4.78 is 5.95. The van der Waals surface area contributed by atoms with Crippen molar-refractivity contribution in [3.63, 3.8) is 0 Å². The van der Waals surface area contributed by atoms with Crippen molar-refractivity contribution < 1.29 is 20.1 Å². The predicted molar refractivity (Wildman–Crippen MR) is 122 cm³/mol. The van der Waals surface area contributed by atoms with Crippen LogP contribution in [0.3, 0.4) is 0 Å². The van der Waals surface area contributed by atoms with Gasteiger partial charge < -0.3 is 20.1 Å². The van der Waals surface area contributed by atoms with E-state index < -0.39 is 11.9 Å². The zero-order chi connectivity index (χ0) is 22.1. The van der Waals surface area contributed by atoms with Crippen molar-refractivity contribution in [2.75, 3.05) is 0 Å².